The van der Waals surface area contributed by atoms with Crippen molar-refractivity contribution in [1.29, 1.82) is 0 Å². The average molecular weight is 557 g/mol. The summed E-state index contributed by atoms with van der Waals surface area (Å²) in [5, 5.41) is 30.6. The summed E-state index contributed by atoms with van der Waals surface area (Å²) in [5.74, 6) is -1.53. The highest BCUT2D eigenvalue weighted by molar-refractivity contribution is 5.74. The van der Waals surface area contributed by atoms with Gasteiger partial charge >= 0.3 is 11.9 Å². The number of carboxylic acid groups (broad SMARTS) is 1. The number of benzene rings is 1. The van der Waals surface area contributed by atoms with Crippen LogP contribution in [0.3, 0.4) is 0 Å². The first kappa shape index (κ1) is 33.8. The second-order valence-corrected chi connectivity index (χ2v) is 11.4. The van der Waals surface area contributed by atoms with Crippen molar-refractivity contribution >= 4 is 11.9 Å². The molecule has 6 nitrogen and oxygen atoms in total. The molecule has 0 heterocycles. The van der Waals surface area contributed by atoms with Crippen LogP contribution in [0.4, 0.5) is 0 Å². The van der Waals surface area contributed by atoms with Crippen LogP contribution in [0, 0.1) is 17.8 Å². The fourth-order valence-electron chi connectivity index (χ4n) is 5.80. The molecule has 1 aliphatic rings. The Labute approximate surface area is 241 Å². The number of aliphatic hydroxyl groups is 2. The second-order valence-electron chi connectivity index (χ2n) is 11.4. The first-order valence-electron chi connectivity index (χ1n) is 15.5. The number of allylic oxidation sites excluding steroid dienone is 2. The van der Waals surface area contributed by atoms with Crippen molar-refractivity contribution in [2.45, 2.75) is 122 Å². The maximum absolute atomic E-state index is 13.1. The highest BCUT2D eigenvalue weighted by Crippen LogP contribution is 2.41. The van der Waals surface area contributed by atoms with Gasteiger partial charge in [-0.2, -0.15) is 0 Å². The quantitative estimate of drug-likeness (QED) is 0.0853. The SMILES string of the molecule is C=CC(CCCCCCC)C(=O)O[C@@H]1C[C@H](O)[C@H](C/C=C\CCCC(=O)O)[C@H]1CC[C@@H](O)CCc1ccccc1. The summed E-state index contributed by atoms with van der Waals surface area (Å²) in [6, 6.07) is 10.1. The predicted octanol–water partition coefficient (Wildman–Crippen LogP) is 7.03. The zero-order valence-corrected chi connectivity index (χ0v) is 24.5. The standard InChI is InChI=1S/C34H52O6/c1-3-5-6-7-13-18-27(4-2)34(39)40-32-25-31(36)29(19-14-8-9-15-20-33(37)38)30(32)24-23-28(35)22-21-26-16-11-10-12-17-26/h4,8,10-12,14,16-17,27-32,35-36H,2-3,5-7,9,13,15,18-25H2,1H3,(H,37,38)/b14-8-/t27?,28-,29+,30+,31-,32+/m0/s1. The molecule has 40 heavy (non-hydrogen) atoms. The molecule has 224 valence electrons. The van der Waals surface area contributed by atoms with Gasteiger partial charge in [0.2, 0.25) is 0 Å². The van der Waals surface area contributed by atoms with Crippen LogP contribution in [0.25, 0.3) is 0 Å². The summed E-state index contributed by atoms with van der Waals surface area (Å²) >= 11 is 0. The smallest absolute Gasteiger partial charge is 0.313 e. The molecule has 1 saturated carbocycles. The summed E-state index contributed by atoms with van der Waals surface area (Å²) in [4.78, 5) is 23.9. The number of aliphatic carboxylic acids is 1. The highest BCUT2D eigenvalue weighted by Gasteiger charge is 2.44. The zero-order valence-electron chi connectivity index (χ0n) is 24.5. The van der Waals surface area contributed by atoms with Gasteiger partial charge in [0.1, 0.15) is 6.10 Å². The van der Waals surface area contributed by atoms with Crippen LogP contribution in [0.5, 0.6) is 0 Å². The lowest BCUT2D eigenvalue weighted by molar-refractivity contribution is -0.155. The number of aryl methyl sites for hydroxylation is 1. The Morgan fingerprint density at radius 3 is 2.48 bits per heavy atom. The first-order valence-corrected chi connectivity index (χ1v) is 15.5. The third kappa shape index (κ3) is 12.8. The molecule has 1 aromatic carbocycles. The molecule has 0 amide bonds. The van der Waals surface area contributed by atoms with Crippen molar-refractivity contribution in [2.75, 3.05) is 0 Å². The summed E-state index contributed by atoms with van der Waals surface area (Å²) in [5.41, 5.74) is 1.20. The number of carboxylic acids is 1. The number of hydrogen-bond donors (Lipinski definition) is 3. The Bertz CT molecular complexity index is 882. The lowest BCUT2D eigenvalue weighted by Gasteiger charge is -2.27. The number of carbonyl (C=O) groups excluding carboxylic acids is 1. The van der Waals surface area contributed by atoms with Crippen LogP contribution in [0.2, 0.25) is 0 Å². The van der Waals surface area contributed by atoms with E-state index in [9.17, 15) is 19.8 Å². The molecule has 0 aromatic heterocycles. The van der Waals surface area contributed by atoms with Crippen molar-refractivity contribution in [2.24, 2.45) is 17.8 Å². The molecule has 6 heteroatoms. The maximum atomic E-state index is 13.1. The van der Waals surface area contributed by atoms with Gasteiger partial charge in [-0.1, -0.05) is 87.6 Å². The van der Waals surface area contributed by atoms with Gasteiger partial charge in [0.25, 0.3) is 0 Å². The van der Waals surface area contributed by atoms with E-state index in [0.29, 0.717) is 44.9 Å². The van der Waals surface area contributed by atoms with Gasteiger partial charge in [-0.25, -0.2) is 0 Å². The number of aliphatic hydroxyl groups excluding tert-OH is 2. The third-order valence-electron chi connectivity index (χ3n) is 8.25. The van der Waals surface area contributed by atoms with Crippen LogP contribution in [-0.2, 0) is 20.7 Å². The molecular weight excluding hydrogens is 504 g/mol. The van der Waals surface area contributed by atoms with E-state index in [1.165, 1.54) is 24.8 Å². The van der Waals surface area contributed by atoms with Crippen molar-refractivity contribution in [3.63, 3.8) is 0 Å². The molecule has 0 spiro atoms. The molecule has 1 aromatic rings. The van der Waals surface area contributed by atoms with Crippen LogP contribution in [0.1, 0.15) is 102 Å². The zero-order chi connectivity index (χ0) is 29.2. The van der Waals surface area contributed by atoms with E-state index in [2.05, 4.69) is 25.6 Å². The Morgan fingerprint density at radius 1 is 1.02 bits per heavy atom. The van der Waals surface area contributed by atoms with Crippen LogP contribution in [-0.4, -0.2) is 45.6 Å². The van der Waals surface area contributed by atoms with Gasteiger partial charge in [0.05, 0.1) is 18.1 Å². The predicted molar refractivity (Wildman–Crippen MR) is 160 cm³/mol. The summed E-state index contributed by atoms with van der Waals surface area (Å²) in [6.45, 7) is 6.05. The third-order valence-corrected chi connectivity index (χ3v) is 8.25. The molecule has 1 aliphatic carbocycles. The Hall–Kier alpha value is -2.44. The van der Waals surface area contributed by atoms with E-state index in [1.807, 2.05) is 30.4 Å². The highest BCUT2D eigenvalue weighted by atomic mass is 16.5. The van der Waals surface area contributed by atoms with Crippen molar-refractivity contribution in [1.82, 2.24) is 0 Å². The monoisotopic (exact) mass is 556 g/mol. The normalized spacial score (nSPS) is 22.3. The van der Waals surface area contributed by atoms with Crippen LogP contribution >= 0.6 is 0 Å². The molecule has 2 rings (SSSR count). The van der Waals surface area contributed by atoms with Gasteiger partial charge in [-0.05, 0) is 62.8 Å². The van der Waals surface area contributed by atoms with Crippen molar-refractivity contribution in [3.8, 4) is 0 Å². The molecule has 1 fully saturated rings. The largest absolute Gasteiger partial charge is 0.481 e. The van der Waals surface area contributed by atoms with E-state index in [-0.39, 0.29) is 30.1 Å². The second kappa shape index (κ2) is 19.6. The van der Waals surface area contributed by atoms with E-state index in [0.717, 1.165) is 25.7 Å². The molecule has 0 radical (unpaired) electrons. The fraction of sp³-hybridized carbons (Fsp3) is 0.647. The van der Waals surface area contributed by atoms with Crippen LogP contribution < -0.4 is 0 Å². The summed E-state index contributed by atoms with van der Waals surface area (Å²) < 4.78 is 6.05. The molecule has 1 unspecified atom stereocenters. The molecule has 0 bridgehead atoms. The summed E-state index contributed by atoms with van der Waals surface area (Å²) in [6.07, 6.45) is 15.7. The number of ether oxygens (including phenoxy) is 1. The number of carbonyl (C=O) groups is 2. The molecule has 3 N–H and O–H groups in total. The van der Waals surface area contributed by atoms with Crippen LogP contribution in [0.15, 0.2) is 55.1 Å². The number of unbranched alkanes of at least 4 members (excludes halogenated alkanes) is 5. The van der Waals surface area contributed by atoms with Gasteiger partial charge in [0.15, 0.2) is 0 Å². The Morgan fingerprint density at radius 2 is 1.77 bits per heavy atom. The van der Waals surface area contributed by atoms with Gasteiger partial charge in [-0.3, -0.25) is 9.59 Å². The topological polar surface area (TPSA) is 104 Å². The lowest BCUT2D eigenvalue weighted by Crippen LogP contribution is -2.29. The Kier molecular flexibility index (Phi) is 16.5. The van der Waals surface area contributed by atoms with Gasteiger partial charge < -0.3 is 20.1 Å². The van der Waals surface area contributed by atoms with Crippen molar-refractivity contribution in [3.05, 3.63) is 60.7 Å². The maximum Gasteiger partial charge on any atom is 0.313 e. The molecule has 6 atom stereocenters. The average Bonchev–Trinajstić information content (AvgIpc) is 3.23. The van der Waals surface area contributed by atoms with Gasteiger partial charge in [-0.15, -0.1) is 6.58 Å². The Balaban J connectivity index is 1.98. The summed E-state index contributed by atoms with van der Waals surface area (Å²) in [7, 11) is 0. The fourth-order valence-corrected chi connectivity index (χ4v) is 5.80. The van der Waals surface area contributed by atoms with E-state index >= 15 is 0 Å². The van der Waals surface area contributed by atoms with Gasteiger partial charge in [0, 0.05) is 18.8 Å². The first-order chi connectivity index (χ1) is 19.3. The van der Waals surface area contributed by atoms with Crippen molar-refractivity contribution < 1.29 is 29.6 Å². The number of hydrogen-bond acceptors (Lipinski definition) is 5. The van der Waals surface area contributed by atoms with E-state index in [4.69, 9.17) is 9.84 Å². The minimum atomic E-state index is -0.797. The minimum absolute atomic E-state index is 0.0518. The van der Waals surface area contributed by atoms with E-state index in [1.54, 1.807) is 6.08 Å². The van der Waals surface area contributed by atoms with E-state index < -0.39 is 24.3 Å². The number of esters is 1. The molecular formula is C34H52O6. The number of rotatable bonds is 21. The molecule has 0 aliphatic heterocycles. The lowest BCUT2D eigenvalue weighted by atomic mass is 9.85. The molecule has 0 saturated heterocycles. The minimum Gasteiger partial charge on any atom is -0.481 e.